The molecule has 21 heavy (non-hydrogen) atoms. The number of fused-ring (bicyclic) bond motifs is 1. The van der Waals surface area contributed by atoms with Crippen LogP contribution in [0.3, 0.4) is 0 Å². The normalized spacial score (nSPS) is 18.6. The van der Waals surface area contributed by atoms with Crippen LogP contribution in [0.1, 0.15) is 48.8 Å². The number of thiophene rings is 1. The van der Waals surface area contributed by atoms with Gasteiger partial charge in [-0.25, -0.2) is 0 Å². The van der Waals surface area contributed by atoms with Crippen LogP contribution in [0.4, 0.5) is 0 Å². The highest BCUT2D eigenvalue weighted by Crippen LogP contribution is 2.36. The molecule has 2 heteroatoms. The van der Waals surface area contributed by atoms with E-state index in [1.165, 1.54) is 37.7 Å². The van der Waals surface area contributed by atoms with Crippen molar-refractivity contribution in [2.75, 3.05) is 6.54 Å². The summed E-state index contributed by atoms with van der Waals surface area (Å²) in [5.41, 5.74) is 4.66. The highest BCUT2D eigenvalue weighted by Gasteiger charge is 2.28. The average molecular weight is 299 g/mol. The highest BCUT2D eigenvalue weighted by molar-refractivity contribution is 7.07. The zero-order chi connectivity index (χ0) is 14.5. The Hall–Kier alpha value is -1.12. The molecule has 1 nitrogen and oxygen atoms in total. The summed E-state index contributed by atoms with van der Waals surface area (Å²) >= 11 is 1.81. The lowest BCUT2D eigenvalue weighted by atomic mass is 9.89. The Kier molecular flexibility index (Phi) is 5.10. The van der Waals surface area contributed by atoms with Crippen molar-refractivity contribution in [3.8, 4) is 0 Å². The molecule has 1 aliphatic carbocycles. The summed E-state index contributed by atoms with van der Waals surface area (Å²) in [6.07, 6.45) is 6.22. The van der Waals surface area contributed by atoms with E-state index in [0.29, 0.717) is 12.0 Å². The molecule has 1 aliphatic rings. The van der Waals surface area contributed by atoms with Gasteiger partial charge < -0.3 is 5.32 Å². The molecule has 1 heterocycles. The number of hydrogen-bond acceptors (Lipinski definition) is 2. The Bertz CT molecular complexity index is 546. The lowest BCUT2D eigenvalue weighted by molar-refractivity contribution is 0.405. The summed E-state index contributed by atoms with van der Waals surface area (Å²) in [5.74, 6) is 0.700. The standard InChI is InChI=1S/C19H25NS/c1-2-12-20-19(10-7-15-11-13-21-14-15)18-9-8-16-5-3-4-6-17(16)18/h3-6,11,13-14,18-20H,2,7-10,12H2,1H3. The van der Waals surface area contributed by atoms with Gasteiger partial charge in [0.2, 0.25) is 0 Å². The molecule has 0 saturated heterocycles. The van der Waals surface area contributed by atoms with Gasteiger partial charge in [-0.05, 0) is 78.1 Å². The van der Waals surface area contributed by atoms with Crippen LogP contribution >= 0.6 is 11.3 Å². The molecule has 0 fully saturated rings. The molecule has 0 saturated carbocycles. The molecule has 2 unspecified atom stereocenters. The van der Waals surface area contributed by atoms with Crippen LogP contribution < -0.4 is 5.32 Å². The topological polar surface area (TPSA) is 12.0 Å². The second-order valence-corrected chi connectivity index (χ2v) is 6.85. The minimum Gasteiger partial charge on any atom is -0.313 e. The Morgan fingerprint density at radius 2 is 2.19 bits per heavy atom. The second-order valence-electron chi connectivity index (χ2n) is 6.07. The fourth-order valence-corrected chi connectivity index (χ4v) is 4.24. The van der Waals surface area contributed by atoms with Gasteiger partial charge in [0.25, 0.3) is 0 Å². The molecule has 0 amide bonds. The predicted octanol–water partition coefficient (Wildman–Crippen LogP) is 4.78. The van der Waals surface area contributed by atoms with E-state index in [1.807, 2.05) is 11.3 Å². The Balaban J connectivity index is 1.70. The fourth-order valence-electron chi connectivity index (χ4n) is 3.54. The van der Waals surface area contributed by atoms with Gasteiger partial charge in [-0.1, -0.05) is 31.2 Å². The van der Waals surface area contributed by atoms with E-state index in [4.69, 9.17) is 0 Å². The average Bonchev–Trinajstić information content (AvgIpc) is 3.17. The first-order chi connectivity index (χ1) is 10.4. The van der Waals surface area contributed by atoms with E-state index in [0.717, 1.165) is 6.54 Å². The molecular weight excluding hydrogens is 274 g/mol. The highest BCUT2D eigenvalue weighted by atomic mass is 32.1. The maximum Gasteiger partial charge on any atom is 0.0139 e. The third kappa shape index (κ3) is 3.56. The first-order valence-corrected chi connectivity index (χ1v) is 9.15. The Morgan fingerprint density at radius 3 is 3.00 bits per heavy atom. The van der Waals surface area contributed by atoms with Gasteiger partial charge in [0.1, 0.15) is 0 Å². The smallest absolute Gasteiger partial charge is 0.0139 e. The van der Waals surface area contributed by atoms with Crippen LogP contribution in [-0.2, 0) is 12.8 Å². The molecule has 112 valence electrons. The van der Waals surface area contributed by atoms with Gasteiger partial charge in [-0.2, -0.15) is 11.3 Å². The quantitative estimate of drug-likeness (QED) is 0.776. The van der Waals surface area contributed by atoms with Crippen molar-refractivity contribution in [3.05, 3.63) is 57.8 Å². The number of aryl methyl sites for hydroxylation is 2. The lowest BCUT2D eigenvalue weighted by Crippen LogP contribution is -2.35. The summed E-state index contributed by atoms with van der Waals surface area (Å²) < 4.78 is 0. The monoisotopic (exact) mass is 299 g/mol. The van der Waals surface area contributed by atoms with Crippen molar-refractivity contribution in [2.45, 2.75) is 51.0 Å². The van der Waals surface area contributed by atoms with Gasteiger partial charge in [0.15, 0.2) is 0 Å². The predicted molar refractivity (Wildman–Crippen MR) is 92.2 cm³/mol. The van der Waals surface area contributed by atoms with Crippen molar-refractivity contribution >= 4 is 11.3 Å². The molecule has 2 atom stereocenters. The fraction of sp³-hybridized carbons (Fsp3) is 0.474. The summed E-state index contributed by atoms with van der Waals surface area (Å²) in [6.45, 7) is 3.39. The Morgan fingerprint density at radius 1 is 1.29 bits per heavy atom. The third-order valence-corrected chi connectivity index (χ3v) is 5.38. The van der Waals surface area contributed by atoms with E-state index >= 15 is 0 Å². The van der Waals surface area contributed by atoms with Gasteiger partial charge >= 0.3 is 0 Å². The minimum absolute atomic E-state index is 0.619. The molecule has 0 spiro atoms. The van der Waals surface area contributed by atoms with E-state index in [9.17, 15) is 0 Å². The van der Waals surface area contributed by atoms with Crippen LogP contribution in [0, 0.1) is 0 Å². The zero-order valence-corrected chi connectivity index (χ0v) is 13.7. The summed E-state index contributed by atoms with van der Waals surface area (Å²) in [6, 6.07) is 11.9. The SMILES string of the molecule is CCCNC(CCc1ccsc1)C1CCc2ccccc21. The van der Waals surface area contributed by atoms with Crippen molar-refractivity contribution in [3.63, 3.8) is 0 Å². The summed E-state index contributed by atoms with van der Waals surface area (Å²) in [4.78, 5) is 0. The molecule has 3 rings (SSSR count). The maximum absolute atomic E-state index is 3.82. The van der Waals surface area contributed by atoms with Gasteiger partial charge in [-0.3, -0.25) is 0 Å². The molecule has 2 aromatic rings. The van der Waals surface area contributed by atoms with E-state index < -0.39 is 0 Å². The second kappa shape index (κ2) is 7.24. The molecule has 1 aromatic heterocycles. The van der Waals surface area contributed by atoms with Crippen molar-refractivity contribution in [1.82, 2.24) is 5.32 Å². The zero-order valence-electron chi connectivity index (χ0n) is 12.8. The number of rotatable bonds is 7. The van der Waals surface area contributed by atoms with Crippen molar-refractivity contribution in [2.24, 2.45) is 0 Å². The van der Waals surface area contributed by atoms with Crippen molar-refractivity contribution in [1.29, 1.82) is 0 Å². The van der Waals surface area contributed by atoms with Gasteiger partial charge in [0.05, 0.1) is 0 Å². The third-order valence-electron chi connectivity index (χ3n) is 4.65. The molecule has 0 aliphatic heterocycles. The first kappa shape index (κ1) is 14.8. The minimum atomic E-state index is 0.619. The summed E-state index contributed by atoms with van der Waals surface area (Å²) in [7, 11) is 0. The van der Waals surface area contributed by atoms with Crippen LogP contribution in [0.15, 0.2) is 41.1 Å². The van der Waals surface area contributed by atoms with Gasteiger partial charge in [-0.15, -0.1) is 0 Å². The van der Waals surface area contributed by atoms with E-state index in [1.54, 1.807) is 11.1 Å². The molecule has 0 radical (unpaired) electrons. The summed E-state index contributed by atoms with van der Waals surface area (Å²) in [5, 5.41) is 8.30. The maximum atomic E-state index is 3.82. The van der Waals surface area contributed by atoms with Crippen LogP contribution in [0.5, 0.6) is 0 Å². The van der Waals surface area contributed by atoms with Gasteiger partial charge in [0, 0.05) is 6.04 Å². The van der Waals surface area contributed by atoms with E-state index in [-0.39, 0.29) is 0 Å². The molecule has 1 N–H and O–H groups in total. The van der Waals surface area contributed by atoms with Crippen LogP contribution in [0.2, 0.25) is 0 Å². The Labute approximate surface area is 132 Å². The van der Waals surface area contributed by atoms with Crippen molar-refractivity contribution < 1.29 is 0 Å². The largest absolute Gasteiger partial charge is 0.313 e. The van der Waals surface area contributed by atoms with E-state index in [2.05, 4.69) is 53.3 Å². The molecular formula is C19H25NS. The number of nitrogens with one attached hydrogen (secondary N) is 1. The van der Waals surface area contributed by atoms with Crippen LogP contribution in [0.25, 0.3) is 0 Å². The lowest BCUT2D eigenvalue weighted by Gasteiger charge is -2.26. The molecule has 0 bridgehead atoms. The number of benzene rings is 1. The van der Waals surface area contributed by atoms with Crippen LogP contribution in [-0.4, -0.2) is 12.6 Å². The molecule has 1 aromatic carbocycles. The number of hydrogen-bond donors (Lipinski definition) is 1. The first-order valence-electron chi connectivity index (χ1n) is 8.20.